The van der Waals surface area contributed by atoms with Gasteiger partial charge in [0.1, 0.15) is 17.4 Å². The van der Waals surface area contributed by atoms with Crippen molar-refractivity contribution in [1.29, 1.82) is 0 Å². The molecule has 3 aromatic rings. The van der Waals surface area contributed by atoms with E-state index in [0.717, 1.165) is 5.56 Å². The Morgan fingerprint density at radius 3 is 2.46 bits per heavy atom. The summed E-state index contributed by atoms with van der Waals surface area (Å²) in [6.45, 7) is 3.27. The number of carbonyl (C=O) groups excluding carboxylic acids is 1. The van der Waals surface area contributed by atoms with E-state index in [9.17, 15) is 18.8 Å². The Labute approximate surface area is 201 Å². The second-order valence-corrected chi connectivity index (χ2v) is 9.52. The van der Waals surface area contributed by atoms with Crippen molar-refractivity contribution in [3.05, 3.63) is 91.5 Å². The molecule has 1 aromatic heterocycles. The zero-order valence-electron chi connectivity index (χ0n) is 19.8. The van der Waals surface area contributed by atoms with Crippen molar-refractivity contribution in [1.82, 2.24) is 19.2 Å². The second kappa shape index (κ2) is 8.79. The highest BCUT2D eigenvalue weighted by molar-refractivity contribution is 5.96. The summed E-state index contributed by atoms with van der Waals surface area (Å²) in [5.41, 5.74) is 0.111. The average Bonchev–Trinajstić information content (AvgIpc) is 3.21. The van der Waals surface area contributed by atoms with Gasteiger partial charge in [0, 0.05) is 26.1 Å². The van der Waals surface area contributed by atoms with Crippen LogP contribution in [-0.4, -0.2) is 45.4 Å². The van der Waals surface area contributed by atoms with Crippen molar-refractivity contribution in [2.75, 3.05) is 20.2 Å². The van der Waals surface area contributed by atoms with Gasteiger partial charge in [-0.25, -0.2) is 9.07 Å². The number of nitrogens with zero attached hydrogens (tertiary/aromatic N) is 4. The van der Waals surface area contributed by atoms with Crippen molar-refractivity contribution in [3.63, 3.8) is 0 Å². The highest BCUT2D eigenvalue weighted by Crippen LogP contribution is 2.40. The fourth-order valence-electron chi connectivity index (χ4n) is 5.19. The van der Waals surface area contributed by atoms with Gasteiger partial charge < -0.3 is 9.64 Å². The number of aromatic nitrogens is 3. The molecule has 2 aliphatic heterocycles. The lowest BCUT2D eigenvalue weighted by atomic mass is 9.77. The first-order valence-corrected chi connectivity index (χ1v) is 11.7. The number of aryl methyl sites for hydroxylation is 1. The van der Waals surface area contributed by atoms with Crippen LogP contribution in [0.25, 0.3) is 0 Å². The maximum atomic E-state index is 14.3. The Morgan fingerprint density at radius 1 is 1.09 bits per heavy atom. The molecule has 2 aromatic carbocycles. The molecule has 182 valence electrons. The fourth-order valence-corrected chi connectivity index (χ4v) is 5.19. The minimum absolute atomic E-state index is 0.117. The summed E-state index contributed by atoms with van der Waals surface area (Å²) >= 11 is 0. The van der Waals surface area contributed by atoms with Crippen molar-refractivity contribution in [2.45, 2.75) is 39.3 Å². The lowest BCUT2D eigenvalue weighted by Crippen LogP contribution is -2.45. The van der Waals surface area contributed by atoms with Crippen molar-refractivity contribution >= 4 is 5.91 Å². The Kier molecular flexibility index (Phi) is 5.78. The smallest absolute Gasteiger partial charge is 0.332 e. The molecule has 0 radical (unpaired) electrons. The van der Waals surface area contributed by atoms with Crippen molar-refractivity contribution in [3.8, 4) is 5.75 Å². The average molecular weight is 479 g/mol. The Hall–Kier alpha value is -3.75. The number of halogens is 1. The van der Waals surface area contributed by atoms with E-state index in [1.807, 2.05) is 12.1 Å². The van der Waals surface area contributed by atoms with E-state index in [1.165, 1.54) is 15.3 Å². The van der Waals surface area contributed by atoms with Gasteiger partial charge >= 0.3 is 11.1 Å². The molecule has 0 unspecified atom stereocenters. The second-order valence-electron chi connectivity index (χ2n) is 9.52. The van der Waals surface area contributed by atoms with Crippen LogP contribution in [0.2, 0.25) is 0 Å². The van der Waals surface area contributed by atoms with E-state index in [2.05, 4.69) is 5.10 Å². The highest BCUT2D eigenvalue weighted by atomic mass is 19.1. The first-order chi connectivity index (χ1) is 16.8. The number of carbonyl (C=O) groups is 1. The minimum atomic E-state index is -0.649. The summed E-state index contributed by atoms with van der Waals surface area (Å²) in [6, 6.07) is 11.9. The van der Waals surface area contributed by atoms with Crippen LogP contribution in [0.3, 0.4) is 0 Å². The van der Waals surface area contributed by atoms with Crippen LogP contribution in [0.4, 0.5) is 4.39 Å². The van der Waals surface area contributed by atoms with Gasteiger partial charge in [0.25, 0.3) is 5.91 Å². The molecule has 5 rings (SSSR count). The van der Waals surface area contributed by atoms with Gasteiger partial charge in [-0.2, -0.15) is 5.10 Å². The van der Waals surface area contributed by atoms with Crippen LogP contribution in [0.1, 0.15) is 40.2 Å². The fraction of sp³-hybridized carbons (Fsp3) is 0.385. The predicted molar refractivity (Wildman–Crippen MR) is 127 cm³/mol. The minimum Gasteiger partial charge on any atom is -0.497 e. The van der Waals surface area contributed by atoms with Crippen LogP contribution < -0.4 is 15.9 Å². The summed E-state index contributed by atoms with van der Waals surface area (Å²) in [5.74, 6) is 0.483. The first-order valence-electron chi connectivity index (χ1n) is 11.7. The number of hydrogen-bond donors (Lipinski definition) is 0. The van der Waals surface area contributed by atoms with Gasteiger partial charge in [0.05, 0.1) is 19.2 Å². The number of hydrogen-bond acceptors (Lipinski definition) is 5. The summed E-state index contributed by atoms with van der Waals surface area (Å²) in [5, 5.41) is 4.53. The molecule has 3 heterocycles. The first kappa shape index (κ1) is 23.0. The number of fused-ring (bicyclic) bond motifs is 1. The molecule has 8 nitrogen and oxygen atoms in total. The van der Waals surface area contributed by atoms with Crippen molar-refractivity contribution in [2.24, 2.45) is 5.41 Å². The monoisotopic (exact) mass is 478 g/mol. The normalized spacial score (nSPS) is 16.4. The van der Waals surface area contributed by atoms with E-state index in [1.54, 1.807) is 43.2 Å². The van der Waals surface area contributed by atoms with E-state index >= 15 is 0 Å². The zero-order chi connectivity index (χ0) is 24.7. The Bertz CT molecular complexity index is 1380. The molecule has 0 bridgehead atoms. The number of rotatable bonds is 4. The predicted octanol–water partition coefficient (Wildman–Crippen LogP) is 2.39. The lowest BCUT2D eigenvalue weighted by Gasteiger charge is -2.38. The van der Waals surface area contributed by atoms with Crippen LogP contribution in [0.5, 0.6) is 5.75 Å². The molecule has 0 saturated carbocycles. The van der Waals surface area contributed by atoms with Gasteiger partial charge in [-0.15, -0.1) is 0 Å². The Balaban J connectivity index is 1.33. The molecule has 1 saturated heterocycles. The molecule has 0 atom stereocenters. The zero-order valence-corrected chi connectivity index (χ0v) is 19.8. The summed E-state index contributed by atoms with van der Waals surface area (Å²) < 4.78 is 22.2. The number of likely N-dealkylation sites (tertiary alicyclic amines) is 1. The molecule has 35 heavy (non-hydrogen) atoms. The molecule has 0 N–H and O–H groups in total. The molecule has 1 amide bonds. The molecule has 9 heteroatoms. The van der Waals surface area contributed by atoms with Crippen LogP contribution in [0.15, 0.2) is 52.1 Å². The van der Waals surface area contributed by atoms with Gasteiger partial charge in [0.15, 0.2) is 0 Å². The Morgan fingerprint density at radius 2 is 1.80 bits per heavy atom. The van der Waals surface area contributed by atoms with E-state index in [0.29, 0.717) is 56.0 Å². The topological polar surface area (TPSA) is 86.4 Å². The summed E-state index contributed by atoms with van der Waals surface area (Å²) in [7, 11) is 1.58. The molecule has 0 aliphatic carbocycles. The highest BCUT2D eigenvalue weighted by Gasteiger charge is 2.43. The van der Waals surface area contributed by atoms with Crippen LogP contribution in [0, 0.1) is 18.2 Å². The number of ether oxygens (including phenoxy) is 1. The third-order valence-corrected chi connectivity index (χ3v) is 7.28. The molecular weight excluding hydrogens is 451 g/mol. The number of piperidine rings is 1. The van der Waals surface area contributed by atoms with Gasteiger partial charge in [-0.05, 0) is 54.5 Å². The lowest BCUT2D eigenvalue weighted by molar-refractivity contribution is 0.0570. The molecular formula is C26H27FN4O4. The van der Waals surface area contributed by atoms with Gasteiger partial charge in [-0.1, -0.05) is 24.3 Å². The van der Waals surface area contributed by atoms with Crippen LogP contribution >= 0.6 is 0 Å². The maximum Gasteiger partial charge on any atom is 0.332 e. The standard InChI is InChI=1S/C26H27FN4O4/c1-17-4-3-5-20(27)22(17)23(32)29-12-10-26(11-13-29)14-21-28-31(25(34)24(33)30(21)16-26)15-18-6-8-19(35-2)9-7-18/h3-9H,10-16H2,1-2H3. The molecule has 1 spiro atoms. The number of benzene rings is 2. The van der Waals surface area contributed by atoms with Gasteiger partial charge in [0.2, 0.25) is 0 Å². The number of methoxy groups -OCH3 is 1. The van der Waals surface area contributed by atoms with Crippen LogP contribution in [-0.2, 0) is 19.5 Å². The largest absolute Gasteiger partial charge is 0.497 e. The quantitative estimate of drug-likeness (QED) is 0.538. The summed E-state index contributed by atoms with van der Waals surface area (Å²) in [4.78, 5) is 40.3. The number of amides is 1. The molecule has 2 aliphatic rings. The van der Waals surface area contributed by atoms with Gasteiger partial charge in [-0.3, -0.25) is 19.0 Å². The molecule has 1 fully saturated rings. The SMILES string of the molecule is COc1ccc(Cn2nc3n(c(=O)c2=O)CC2(CCN(C(=O)c4c(C)cccc4F)CC2)C3)cc1. The maximum absolute atomic E-state index is 14.3. The van der Waals surface area contributed by atoms with E-state index < -0.39 is 16.9 Å². The summed E-state index contributed by atoms with van der Waals surface area (Å²) in [6.07, 6.45) is 1.87. The van der Waals surface area contributed by atoms with E-state index in [4.69, 9.17) is 4.74 Å². The van der Waals surface area contributed by atoms with E-state index in [-0.39, 0.29) is 23.4 Å². The third kappa shape index (κ3) is 4.15. The van der Waals surface area contributed by atoms with Crippen molar-refractivity contribution < 1.29 is 13.9 Å². The third-order valence-electron chi connectivity index (χ3n) is 7.28.